The second-order valence-corrected chi connectivity index (χ2v) is 8.77. The van der Waals surface area contributed by atoms with Crippen molar-refractivity contribution in [2.45, 2.75) is 24.3 Å². The minimum atomic E-state index is -3.77. The van der Waals surface area contributed by atoms with Gasteiger partial charge in [-0.05, 0) is 47.8 Å². The molecule has 9 heteroatoms. The summed E-state index contributed by atoms with van der Waals surface area (Å²) in [4.78, 5) is 24.7. The molecule has 1 aliphatic rings. The van der Waals surface area contributed by atoms with Gasteiger partial charge in [0.15, 0.2) is 0 Å². The first kappa shape index (κ1) is 18.6. The molecule has 28 heavy (non-hydrogen) atoms. The Hall–Kier alpha value is -2.75. The first-order valence-corrected chi connectivity index (χ1v) is 10.9. The highest BCUT2D eigenvalue weighted by atomic mass is 32.2. The lowest BCUT2D eigenvalue weighted by atomic mass is 10.3. The Bertz CT molecular complexity index is 1100. The number of rotatable bonds is 6. The smallest absolute Gasteiger partial charge is 0.240 e. The molecule has 1 aliphatic heterocycles. The molecule has 0 unspecified atom stereocenters. The Morgan fingerprint density at radius 1 is 1.00 bits per heavy atom. The molecule has 4 rings (SSSR count). The van der Waals surface area contributed by atoms with Crippen molar-refractivity contribution in [1.29, 1.82) is 0 Å². The van der Waals surface area contributed by atoms with Gasteiger partial charge < -0.3 is 4.42 Å². The van der Waals surface area contributed by atoms with E-state index in [1.165, 1.54) is 24.3 Å². The van der Waals surface area contributed by atoms with E-state index in [4.69, 9.17) is 4.42 Å². The van der Waals surface area contributed by atoms with Crippen molar-refractivity contribution < 1.29 is 22.4 Å². The Kier molecular flexibility index (Phi) is 4.88. The molecule has 1 N–H and O–H groups in total. The van der Waals surface area contributed by atoms with Crippen LogP contribution in [0.15, 0.2) is 62.5 Å². The van der Waals surface area contributed by atoms with Gasteiger partial charge in [-0.2, -0.15) is 11.3 Å². The fourth-order valence-corrected chi connectivity index (χ4v) is 4.56. The molecule has 0 spiro atoms. The number of sulfonamides is 1. The Morgan fingerprint density at radius 3 is 2.36 bits per heavy atom. The molecule has 0 radical (unpaired) electrons. The van der Waals surface area contributed by atoms with E-state index in [0.717, 1.165) is 10.5 Å². The van der Waals surface area contributed by atoms with E-state index in [9.17, 15) is 18.0 Å². The first-order chi connectivity index (χ1) is 13.4. The highest BCUT2D eigenvalue weighted by Gasteiger charge is 2.30. The zero-order valence-corrected chi connectivity index (χ0v) is 16.3. The fraction of sp³-hybridized carbons (Fsp3) is 0.158. The van der Waals surface area contributed by atoms with Crippen molar-refractivity contribution in [3.63, 3.8) is 0 Å². The average Bonchev–Trinajstić information content (AvgIpc) is 3.42. The third-order valence-corrected chi connectivity index (χ3v) is 6.46. The molecule has 2 amide bonds. The van der Waals surface area contributed by atoms with E-state index in [-0.39, 0.29) is 36.1 Å². The van der Waals surface area contributed by atoms with Crippen LogP contribution < -0.4 is 9.62 Å². The summed E-state index contributed by atoms with van der Waals surface area (Å²) in [6.07, 6.45) is 0.355. The zero-order valence-electron chi connectivity index (χ0n) is 14.6. The van der Waals surface area contributed by atoms with Crippen molar-refractivity contribution in [2.75, 3.05) is 4.90 Å². The number of hydrogen-bond donors (Lipinski definition) is 1. The van der Waals surface area contributed by atoms with Crippen molar-refractivity contribution in [3.8, 4) is 11.3 Å². The molecular weight excluding hydrogens is 400 g/mol. The largest absolute Gasteiger partial charge is 0.460 e. The van der Waals surface area contributed by atoms with Crippen LogP contribution in [0.2, 0.25) is 0 Å². The Balaban J connectivity index is 1.45. The minimum absolute atomic E-state index is 0.0112. The molecule has 1 fully saturated rings. The van der Waals surface area contributed by atoms with Crippen LogP contribution in [-0.4, -0.2) is 20.2 Å². The van der Waals surface area contributed by atoms with Gasteiger partial charge in [-0.15, -0.1) is 0 Å². The molecule has 0 bridgehead atoms. The van der Waals surface area contributed by atoms with Crippen LogP contribution >= 0.6 is 11.3 Å². The van der Waals surface area contributed by atoms with Gasteiger partial charge in [-0.3, -0.25) is 14.5 Å². The molecule has 7 nitrogen and oxygen atoms in total. The lowest BCUT2D eigenvalue weighted by Crippen LogP contribution is -2.28. The fourth-order valence-electron chi connectivity index (χ4n) is 2.92. The van der Waals surface area contributed by atoms with Gasteiger partial charge in [-0.1, -0.05) is 0 Å². The van der Waals surface area contributed by atoms with Gasteiger partial charge in [0.2, 0.25) is 21.8 Å². The van der Waals surface area contributed by atoms with Crippen molar-refractivity contribution in [1.82, 2.24) is 4.72 Å². The van der Waals surface area contributed by atoms with Crippen LogP contribution in [0.5, 0.6) is 0 Å². The molecule has 0 atom stereocenters. The third-order valence-electron chi connectivity index (χ3n) is 4.36. The summed E-state index contributed by atoms with van der Waals surface area (Å²) >= 11 is 1.55. The van der Waals surface area contributed by atoms with Crippen molar-refractivity contribution >= 4 is 38.9 Å². The summed E-state index contributed by atoms with van der Waals surface area (Å²) in [7, 11) is -3.77. The number of anilines is 1. The van der Waals surface area contributed by atoms with Crippen LogP contribution in [0.3, 0.4) is 0 Å². The number of imide groups is 1. The number of carbonyl (C=O) groups excluding carboxylic acids is 2. The van der Waals surface area contributed by atoms with Crippen LogP contribution in [0.1, 0.15) is 18.6 Å². The van der Waals surface area contributed by atoms with Crippen LogP contribution in [0.25, 0.3) is 11.3 Å². The maximum atomic E-state index is 12.5. The maximum Gasteiger partial charge on any atom is 0.240 e. The highest BCUT2D eigenvalue weighted by molar-refractivity contribution is 7.89. The van der Waals surface area contributed by atoms with E-state index < -0.39 is 10.0 Å². The Morgan fingerprint density at radius 2 is 1.71 bits per heavy atom. The van der Waals surface area contributed by atoms with E-state index in [2.05, 4.69) is 4.72 Å². The van der Waals surface area contributed by atoms with Gasteiger partial charge in [-0.25, -0.2) is 13.1 Å². The number of furan rings is 1. The van der Waals surface area contributed by atoms with Gasteiger partial charge in [0, 0.05) is 23.8 Å². The standard InChI is InChI=1S/C19H16N2O5S2/c22-18-7-8-19(23)21(18)14-1-4-16(5-2-14)28(24,25)20-11-15-3-6-17(26-15)13-9-10-27-12-13/h1-6,9-10,12,20H,7-8,11H2. The number of hydrogen-bond acceptors (Lipinski definition) is 6. The quantitative estimate of drug-likeness (QED) is 0.623. The van der Waals surface area contributed by atoms with Crippen molar-refractivity contribution in [3.05, 3.63) is 59.0 Å². The number of amides is 2. The second-order valence-electron chi connectivity index (χ2n) is 6.22. The predicted octanol–water partition coefficient (Wildman–Crippen LogP) is 3.14. The highest BCUT2D eigenvalue weighted by Crippen LogP contribution is 2.26. The lowest BCUT2D eigenvalue weighted by Gasteiger charge is -2.14. The topological polar surface area (TPSA) is 96.7 Å². The number of thiophene rings is 1. The summed E-state index contributed by atoms with van der Waals surface area (Å²) in [6, 6.07) is 11.1. The third kappa shape index (κ3) is 3.64. The zero-order chi connectivity index (χ0) is 19.7. The van der Waals surface area contributed by atoms with E-state index in [0.29, 0.717) is 17.2 Å². The van der Waals surface area contributed by atoms with Gasteiger partial charge in [0.05, 0.1) is 17.1 Å². The second kappa shape index (κ2) is 7.34. The van der Waals surface area contributed by atoms with E-state index in [1.807, 2.05) is 16.8 Å². The van der Waals surface area contributed by atoms with Crippen molar-refractivity contribution in [2.24, 2.45) is 0 Å². The molecule has 2 aromatic heterocycles. The molecule has 3 aromatic rings. The summed E-state index contributed by atoms with van der Waals surface area (Å²) in [5.74, 6) is 0.616. The number of nitrogens with one attached hydrogen (secondary N) is 1. The molecule has 3 heterocycles. The summed E-state index contributed by atoms with van der Waals surface area (Å²) in [5, 5.41) is 3.89. The molecule has 1 aromatic carbocycles. The van der Waals surface area contributed by atoms with Gasteiger partial charge in [0.1, 0.15) is 11.5 Å². The van der Waals surface area contributed by atoms with Gasteiger partial charge in [0.25, 0.3) is 0 Å². The van der Waals surface area contributed by atoms with E-state index >= 15 is 0 Å². The predicted molar refractivity (Wildman–Crippen MR) is 104 cm³/mol. The molecular formula is C19H16N2O5S2. The number of carbonyl (C=O) groups is 2. The minimum Gasteiger partial charge on any atom is -0.460 e. The normalized spacial score (nSPS) is 14.8. The average molecular weight is 416 g/mol. The number of benzene rings is 1. The number of nitrogens with zero attached hydrogens (tertiary/aromatic N) is 1. The summed E-state index contributed by atoms with van der Waals surface area (Å²) < 4.78 is 33.2. The SMILES string of the molecule is O=C1CCC(=O)N1c1ccc(S(=O)(=O)NCc2ccc(-c3ccsc3)o2)cc1. The Labute approximate surface area is 165 Å². The molecule has 0 saturated carbocycles. The monoisotopic (exact) mass is 416 g/mol. The molecule has 1 saturated heterocycles. The first-order valence-electron chi connectivity index (χ1n) is 8.51. The maximum absolute atomic E-state index is 12.5. The van der Waals surface area contributed by atoms with Gasteiger partial charge >= 0.3 is 0 Å². The summed E-state index contributed by atoms with van der Waals surface area (Å²) in [6.45, 7) is 0.0112. The lowest BCUT2D eigenvalue weighted by molar-refractivity contribution is -0.121. The van der Waals surface area contributed by atoms with Crippen LogP contribution in [0.4, 0.5) is 5.69 Å². The molecule has 0 aliphatic carbocycles. The summed E-state index contributed by atoms with van der Waals surface area (Å²) in [5.41, 5.74) is 1.32. The van der Waals surface area contributed by atoms with E-state index in [1.54, 1.807) is 23.5 Å². The van der Waals surface area contributed by atoms with Crippen LogP contribution in [-0.2, 0) is 26.2 Å². The molecule has 144 valence electrons. The van der Waals surface area contributed by atoms with Crippen LogP contribution in [0, 0.1) is 0 Å².